The zero-order valence-corrected chi connectivity index (χ0v) is 14.4. The van der Waals surface area contributed by atoms with Gasteiger partial charge in [0.15, 0.2) is 5.76 Å². The first-order valence-electron chi connectivity index (χ1n) is 8.10. The van der Waals surface area contributed by atoms with Crippen molar-refractivity contribution in [2.45, 2.75) is 6.92 Å². The summed E-state index contributed by atoms with van der Waals surface area (Å²) in [7, 11) is 0. The summed E-state index contributed by atoms with van der Waals surface area (Å²) >= 11 is 0. The lowest BCUT2D eigenvalue weighted by molar-refractivity contribution is -0.402. The highest BCUT2D eigenvalue weighted by atomic mass is 19.1. The lowest BCUT2D eigenvalue weighted by atomic mass is 10.1. The Morgan fingerprint density at radius 1 is 1.14 bits per heavy atom. The molecule has 10 heteroatoms. The predicted molar refractivity (Wildman–Crippen MR) is 96.9 cm³/mol. The van der Waals surface area contributed by atoms with Crippen LogP contribution in [0.2, 0.25) is 0 Å². The highest BCUT2D eigenvalue weighted by Gasteiger charge is 2.18. The molecule has 0 radical (unpaired) electrons. The zero-order valence-electron chi connectivity index (χ0n) is 14.4. The molecular weight excluding hydrogens is 369 g/mol. The van der Waals surface area contributed by atoms with Gasteiger partial charge in [-0.05, 0) is 55.0 Å². The van der Waals surface area contributed by atoms with Crippen LogP contribution in [0.4, 0.5) is 16.0 Å². The van der Waals surface area contributed by atoms with Crippen LogP contribution in [-0.4, -0.2) is 25.8 Å². The lowest BCUT2D eigenvalue weighted by Crippen LogP contribution is -2.11. The van der Waals surface area contributed by atoms with Gasteiger partial charge in [-0.3, -0.25) is 14.9 Å². The van der Waals surface area contributed by atoms with E-state index in [0.29, 0.717) is 28.0 Å². The number of aryl methyl sites for hydroxylation is 1. The number of hydrogen-bond acceptors (Lipinski definition) is 6. The third-order valence-corrected chi connectivity index (χ3v) is 4.03. The van der Waals surface area contributed by atoms with Crippen molar-refractivity contribution in [3.63, 3.8) is 0 Å². The highest BCUT2D eigenvalue weighted by Crippen LogP contribution is 2.24. The number of anilines is 1. The van der Waals surface area contributed by atoms with Crippen LogP contribution in [0.3, 0.4) is 0 Å². The molecule has 0 aliphatic carbocycles. The molecule has 0 aliphatic heterocycles. The Hall–Kier alpha value is -4.08. The topological polar surface area (TPSA) is 116 Å². The van der Waals surface area contributed by atoms with E-state index in [9.17, 15) is 19.3 Å². The third kappa shape index (κ3) is 3.18. The number of benzene rings is 2. The van der Waals surface area contributed by atoms with Gasteiger partial charge in [0.25, 0.3) is 5.91 Å². The van der Waals surface area contributed by atoms with Crippen molar-refractivity contribution in [3.8, 4) is 5.69 Å². The van der Waals surface area contributed by atoms with Crippen molar-refractivity contribution >= 4 is 28.5 Å². The zero-order chi connectivity index (χ0) is 19.8. The molecule has 2 aromatic heterocycles. The number of nitro groups is 1. The Morgan fingerprint density at radius 2 is 1.82 bits per heavy atom. The molecule has 4 aromatic rings. The first kappa shape index (κ1) is 17.3. The quantitative estimate of drug-likeness (QED) is 0.426. The second-order valence-electron chi connectivity index (χ2n) is 5.97. The van der Waals surface area contributed by atoms with Crippen LogP contribution in [0.15, 0.2) is 52.9 Å². The molecule has 0 unspecified atom stereocenters. The molecule has 1 N–H and O–H groups in total. The van der Waals surface area contributed by atoms with E-state index in [2.05, 4.69) is 15.5 Å². The van der Waals surface area contributed by atoms with Crippen LogP contribution in [0.5, 0.6) is 0 Å². The average molecular weight is 381 g/mol. The van der Waals surface area contributed by atoms with E-state index in [4.69, 9.17) is 4.42 Å². The fourth-order valence-electron chi connectivity index (χ4n) is 2.62. The Kier molecular flexibility index (Phi) is 4.07. The molecule has 140 valence electrons. The van der Waals surface area contributed by atoms with Gasteiger partial charge in [-0.25, -0.2) is 4.39 Å². The molecule has 0 aliphatic rings. The van der Waals surface area contributed by atoms with E-state index >= 15 is 0 Å². The van der Waals surface area contributed by atoms with E-state index in [-0.39, 0.29) is 11.6 Å². The minimum Gasteiger partial charge on any atom is -0.395 e. The summed E-state index contributed by atoms with van der Waals surface area (Å²) in [6.45, 7) is 1.77. The van der Waals surface area contributed by atoms with Crippen LogP contribution in [0, 0.1) is 22.9 Å². The predicted octanol–water partition coefficient (Wildman–Crippen LogP) is 3.62. The first-order chi connectivity index (χ1) is 13.4. The molecule has 4 rings (SSSR count). The van der Waals surface area contributed by atoms with Gasteiger partial charge < -0.3 is 9.73 Å². The van der Waals surface area contributed by atoms with Crippen LogP contribution in [0.25, 0.3) is 16.7 Å². The van der Waals surface area contributed by atoms with E-state index < -0.39 is 16.7 Å². The molecule has 0 saturated heterocycles. The standard InChI is InChI=1S/C18H12FN5O4/c1-10-8-14-15(22-23(21-14)12-4-2-11(19)3-5-12)9-13(10)20-18(25)16-6-7-17(28-16)24(26)27/h2-9H,1H3,(H,20,25). The highest BCUT2D eigenvalue weighted by molar-refractivity contribution is 6.03. The maximum Gasteiger partial charge on any atom is 0.433 e. The Bertz CT molecular complexity index is 1210. The SMILES string of the molecule is Cc1cc2nn(-c3ccc(F)cc3)nc2cc1NC(=O)c1ccc([N+](=O)[O-])o1. The normalized spacial score (nSPS) is 10.9. The molecule has 2 aromatic carbocycles. The maximum atomic E-state index is 13.1. The number of carbonyl (C=O) groups is 1. The van der Waals surface area contributed by atoms with Gasteiger partial charge >= 0.3 is 5.88 Å². The average Bonchev–Trinajstić information content (AvgIpc) is 3.30. The third-order valence-electron chi connectivity index (χ3n) is 4.03. The minimum atomic E-state index is -0.720. The minimum absolute atomic E-state index is 0.179. The molecule has 0 spiro atoms. The van der Waals surface area contributed by atoms with Crippen molar-refractivity contribution < 1.29 is 18.5 Å². The molecule has 1 amide bonds. The van der Waals surface area contributed by atoms with Crippen molar-refractivity contribution in [2.75, 3.05) is 5.32 Å². The largest absolute Gasteiger partial charge is 0.433 e. The fraction of sp³-hybridized carbons (Fsp3) is 0.0556. The monoisotopic (exact) mass is 381 g/mol. The molecule has 0 bridgehead atoms. The van der Waals surface area contributed by atoms with Gasteiger partial charge in [-0.1, -0.05) is 0 Å². The number of nitrogens with zero attached hydrogens (tertiary/aromatic N) is 4. The Balaban J connectivity index is 1.63. The molecule has 2 heterocycles. The lowest BCUT2D eigenvalue weighted by Gasteiger charge is -2.06. The van der Waals surface area contributed by atoms with Gasteiger partial charge in [-0.15, -0.1) is 10.2 Å². The van der Waals surface area contributed by atoms with E-state index in [0.717, 1.165) is 6.07 Å². The summed E-state index contributed by atoms with van der Waals surface area (Å²) in [5.41, 5.74) is 2.86. The number of halogens is 1. The molecule has 0 saturated carbocycles. The fourth-order valence-corrected chi connectivity index (χ4v) is 2.62. The number of nitrogens with one attached hydrogen (secondary N) is 1. The number of hydrogen-bond donors (Lipinski definition) is 1. The first-order valence-corrected chi connectivity index (χ1v) is 8.10. The second-order valence-corrected chi connectivity index (χ2v) is 5.97. The summed E-state index contributed by atoms with van der Waals surface area (Å²) in [5.74, 6) is -1.68. The van der Waals surface area contributed by atoms with Crippen LogP contribution in [-0.2, 0) is 0 Å². The van der Waals surface area contributed by atoms with Crippen molar-refractivity contribution in [1.82, 2.24) is 15.0 Å². The number of amides is 1. The molecule has 0 fully saturated rings. The van der Waals surface area contributed by atoms with Crippen LogP contribution >= 0.6 is 0 Å². The van der Waals surface area contributed by atoms with Crippen LogP contribution < -0.4 is 5.32 Å². The van der Waals surface area contributed by atoms with Gasteiger partial charge in [0.2, 0.25) is 0 Å². The maximum absolute atomic E-state index is 13.1. The summed E-state index contributed by atoms with van der Waals surface area (Å²) < 4.78 is 18.0. The van der Waals surface area contributed by atoms with Crippen molar-refractivity contribution in [3.05, 3.63) is 75.8 Å². The van der Waals surface area contributed by atoms with Gasteiger partial charge in [0, 0.05) is 5.69 Å². The number of furan rings is 1. The molecule has 9 nitrogen and oxygen atoms in total. The van der Waals surface area contributed by atoms with Crippen LogP contribution in [0.1, 0.15) is 16.1 Å². The van der Waals surface area contributed by atoms with Crippen molar-refractivity contribution in [1.29, 1.82) is 0 Å². The summed E-state index contributed by atoms with van der Waals surface area (Å²) in [6.07, 6.45) is 0. The van der Waals surface area contributed by atoms with E-state index in [1.54, 1.807) is 31.2 Å². The van der Waals surface area contributed by atoms with Gasteiger partial charge in [0.05, 0.1) is 11.8 Å². The summed E-state index contributed by atoms with van der Waals surface area (Å²) in [4.78, 5) is 23.6. The van der Waals surface area contributed by atoms with Crippen molar-refractivity contribution in [2.24, 2.45) is 0 Å². The molecular formula is C18H12FN5O4. The van der Waals surface area contributed by atoms with E-state index in [1.807, 2.05) is 0 Å². The smallest absolute Gasteiger partial charge is 0.395 e. The summed E-state index contributed by atoms with van der Waals surface area (Å²) in [5, 5.41) is 22.0. The molecule has 28 heavy (non-hydrogen) atoms. The van der Waals surface area contributed by atoms with E-state index in [1.165, 1.54) is 23.0 Å². The summed E-state index contributed by atoms with van der Waals surface area (Å²) in [6, 6.07) is 11.4. The number of carbonyl (C=O) groups excluding carboxylic acids is 1. The Labute approximate surface area is 156 Å². The van der Waals surface area contributed by atoms with Gasteiger partial charge in [-0.2, -0.15) is 4.80 Å². The number of aromatic nitrogens is 3. The molecule has 0 atom stereocenters. The number of fused-ring (bicyclic) bond motifs is 1. The number of rotatable bonds is 4. The second kappa shape index (κ2) is 6.58. The Morgan fingerprint density at radius 3 is 2.46 bits per heavy atom. The van der Waals surface area contributed by atoms with Gasteiger partial charge in [0.1, 0.15) is 21.8 Å².